The molecule has 7 nitrogen and oxygen atoms in total. The molecule has 49 heavy (non-hydrogen) atoms. The number of nitriles is 1. The molecule has 1 atom stereocenters. The van der Waals surface area contributed by atoms with Gasteiger partial charge in [0.1, 0.15) is 29.6 Å². The summed E-state index contributed by atoms with van der Waals surface area (Å²) < 4.78 is 16.1. The summed E-state index contributed by atoms with van der Waals surface area (Å²) in [6.45, 7) is 2.90. The summed E-state index contributed by atoms with van der Waals surface area (Å²) >= 11 is 0. The number of rotatable bonds is 7. The standard InChI is InChI=1S/C41H34FN7/c42-38-18-17-36(24-31(38)26-43)47-20-22-48(23-21-47)40-37-25-30(16-19-39(37)44-29-45-40)32-27-46-49(28-32)41(33-10-4-1-5-11-33,34-12-6-2-7-13-34)35-14-8-3-9-15-35/h1-14,16-19,24-25,27-29,35H,15,20-23H2. The predicted octanol–water partition coefficient (Wildman–Crippen LogP) is 7.75. The minimum Gasteiger partial charge on any atom is -0.368 e. The first-order valence-electron chi connectivity index (χ1n) is 16.6. The van der Waals surface area contributed by atoms with Gasteiger partial charge in [0.25, 0.3) is 0 Å². The maximum Gasteiger partial charge on any atom is 0.141 e. The fourth-order valence-electron chi connectivity index (χ4n) is 7.42. The lowest BCUT2D eigenvalue weighted by Crippen LogP contribution is -2.47. The zero-order valence-corrected chi connectivity index (χ0v) is 26.9. The number of hydrogen-bond donors (Lipinski definition) is 0. The van der Waals surface area contributed by atoms with E-state index in [0.717, 1.165) is 66.1 Å². The van der Waals surface area contributed by atoms with Gasteiger partial charge in [-0.3, -0.25) is 4.68 Å². The number of fused-ring (bicyclic) bond motifs is 1. The van der Waals surface area contributed by atoms with Crippen LogP contribution in [0.25, 0.3) is 22.0 Å². The van der Waals surface area contributed by atoms with Gasteiger partial charge in [-0.15, -0.1) is 0 Å². The third kappa shape index (κ3) is 5.43. The first kappa shape index (κ1) is 30.3. The molecule has 8 heteroatoms. The van der Waals surface area contributed by atoms with Gasteiger partial charge in [0.2, 0.25) is 0 Å². The van der Waals surface area contributed by atoms with Gasteiger partial charge in [0.15, 0.2) is 0 Å². The molecule has 1 aliphatic heterocycles. The molecule has 0 spiro atoms. The number of hydrogen-bond acceptors (Lipinski definition) is 6. The first-order chi connectivity index (χ1) is 24.1. The van der Waals surface area contributed by atoms with E-state index in [1.807, 2.05) is 12.3 Å². The van der Waals surface area contributed by atoms with Gasteiger partial charge in [-0.25, -0.2) is 14.4 Å². The van der Waals surface area contributed by atoms with Gasteiger partial charge < -0.3 is 9.80 Å². The minimum absolute atomic E-state index is 0.0643. The lowest BCUT2D eigenvalue weighted by atomic mass is 9.70. The summed E-state index contributed by atoms with van der Waals surface area (Å²) in [4.78, 5) is 13.8. The molecule has 6 aromatic rings. The molecule has 4 aromatic carbocycles. The monoisotopic (exact) mass is 643 g/mol. The Kier molecular flexibility index (Phi) is 7.94. The van der Waals surface area contributed by atoms with Crippen LogP contribution in [0.2, 0.25) is 0 Å². The third-order valence-corrected chi connectivity index (χ3v) is 9.85. The van der Waals surface area contributed by atoms with E-state index in [1.54, 1.807) is 18.5 Å². The normalized spacial score (nSPS) is 16.2. The molecule has 0 N–H and O–H groups in total. The fraction of sp³-hybridized carbons (Fsp3) is 0.171. The topological polar surface area (TPSA) is 73.9 Å². The third-order valence-electron chi connectivity index (χ3n) is 9.85. The van der Waals surface area contributed by atoms with Crippen molar-refractivity contribution in [2.75, 3.05) is 36.0 Å². The van der Waals surface area contributed by atoms with Crippen LogP contribution in [0.3, 0.4) is 0 Å². The van der Waals surface area contributed by atoms with Gasteiger partial charge in [0.05, 0.1) is 17.3 Å². The molecule has 1 fully saturated rings. The molecule has 2 aliphatic rings. The molecular formula is C41H34FN7. The van der Waals surface area contributed by atoms with Gasteiger partial charge in [0, 0.05) is 54.9 Å². The van der Waals surface area contributed by atoms with Crippen molar-refractivity contribution in [1.29, 1.82) is 5.26 Å². The highest BCUT2D eigenvalue weighted by molar-refractivity contribution is 5.93. The van der Waals surface area contributed by atoms with Gasteiger partial charge in [-0.2, -0.15) is 10.4 Å². The average molecular weight is 644 g/mol. The summed E-state index contributed by atoms with van der Waals surface area (Å²) in [5.74, 6) is 0.539. The Morgan fingerprint density at radius 1 is 0.776 bits per heavy atom. The Balaban J connectivity index is 1.15. The number of nitrogens with zero attached hydrogens (tertiary/aromatic N) is 7. The molecule has 240 valence electrons. The zero-order chi connectivity index (χ0) is 33.2. The van der Waals surface area contributed by atoms with E-state index in [0.29, 0.717) is 0 Å². The lowest BCUT2D eigenvalue weighted by molar-refractivity contribution is 0.293. The van der Waals surface area contributed by atoms with Crippen LogP contribution >= 0.6 is 0 Å². The quantitative estimate of drug-likeness (QED) is 0.177. The SMILES string of the molecule is N#Cc1cc(N2CCN(c3ncnc4ccc(-c5cnn(C(c6ccccc6)(c6ccccc6)C6C=CC=CC6)c5)cc34)CC2)ccc1F. The van der Waals surface area contributed by atoms with Crippen molar-refractivity contribution in [3.8, 4) is 17.2 Å². The predicted molar refractivity (Wildman–Crippen MR) is 192 cm³/mol. The summed E-state index contributed by atoms with van der Waals surface area (Å²) in [5, 5.41) is 15.4. The number of anilines is 2. The molecule has 2 aromatic heterocycles. The summed E-state index contributed by atoms with van der Waals surface area (Å²) in [6.07, 6.45) is 15.5. The van der Waals surface area contributed by atoms with Crippen molar-refractivity contribution in [3.05, 3.63) is 163 Å². The van der Waals surface area contributed by atoms with Crippen molar-refractivity contribution in [1.82, 2.24) is 19.7 Å². The fourth-order valence-corrected chi connectivity index (χ4v) is 7.42. The average Bonchev–Trinajstić information content (AvgIpc) is 3.67. The van der Waals surface area contributed by atoms with Crippen LogP contribution in [0.5, 0.6) is 0 Å². The molecule has 1 saturated heterocycles. The van der Waals surface area contributed by atoms with E-state index in [2.05, 4.69) is 129 Å². The summed E-state index contributed by atoms with van der Waals surface area (Å²) in [7, 11) is 0. The zero-order valence-electron chi connectivity index (χ0n) is 26.9. The van der Waals surface area contributed by atoms with E-state index in [-0.39, 0.29) is 11.5 Å². The highest BCUT2D eigenvalue weighted by atomic mass is 19.1. The largest absolute Gasteiger partial charge is 0.368 e. The van der Waals surface area contributed by atoms with Crippen LogP contribution in [0.15, 0.2) is 140 Å². The Morgan fingerprint density at radius 2 is 1.51 bits per heavy atom. The number of aromatic nitrogens is 4. The summed E-state index contributed by atoms with van der Waals surface area (Å²) in [5.41, 5.74) is 5.64. The van der Waals surface area contributed by atoms with E-state index < -0.39 is 11.4 Å². The van der Waals surface area contributed by atoms with E-state index in [9.17, 15) is 9.65 Å². The first-order valence-corrected chi connectivity index (χ1v) is 16.6. The van der Waals surface area contributed by atoms with E-state index in [1.165, 1.54) is 17.2 Å². The molecule has 1 unspecified atom stereocenters. The smallest absolute Gasteiger partial charge is 0.141 e. The van der Waals surface area contributed by atoms with Crippen LogP contribution in [-0.2, 0) is 5.54 Å². The van der Waals surface area contributed by atoms with Crippen molar-refractivity contribution in [2.24, 2.45) is 5.92 Å². The molecule has 8 rings (SSSR count). The van der Waals surface area contributed by atoms with E-state index in [4.69, 9.17) is 10.1 Å². The molecule has 3 heterocycles. The number of halogens is 1. The maximum atomic E-state index is 14.0. The Labute approximate surface area is 284 Å². The van der Waals surface area contributed by atoms with Crippen molar-refractivity contribution in [2.45, 2.75) is 12.0 Å². The Hall–Kier alpha value is -6.07. The van der Waals surface area contributed by atoms with Crippen LogP contribution in [0.4, 0.5) is 15.9 Å². The van der Waals surface area contributed by atoms with Gasteiger partial charge in [-0.1, -0.05) is 91.0 Å². The molecule has 0 radical (unpaired) electrons. The number of benzene rings is 4. The Bertz CT molecular complexity index is 2170. The second-order valence-corrected chi connectivity index (χ2v) is 12.5. The van der Waals surface area contributed by atoms with Crippen molar-refractivity contribution in [3.63, 3.8) is 0 Å². The second kappa shape index (κ2) is 12.9. The Morgan fingerprint density at radius 3 is 2.20 bits per heavy atom. The number of allylic oxidation sites excluding steroid dienone is 4. The van der Waals surface area contributed by atoms with Crippen LogP contribution in [0.1, 0.15) is 23.1 Å². The van der Waals surface area contributed by atoms with Crippen LogP contribution < -0.4 is 9.80 Å². The van der Waals surface area contributed by atoms with Gasteiger partial charge in [-0.05, 0) is 53.4 Å². The minimum atomic E-state index is -0.564. The lowest BCUT2D eigenvalue weighted by Gasteiger charge is -2.41. The summed E-state index contributed by atoms with van der Waals surface area (Å²) in [6, 6.07) is 34.4. The molecule has 0 saturated carbocycles. The van der Waals surface area contributed by atoms with Crippen LogP contribution in [0, 0.1) is 23.1 Å². The van der Waals surface area contributed by atoms with Gasteiger partial charge >= 0.3 is 0 Å². The second-order valence-electron chi connectivity index (χ2n) is 12.5. The highest BCUT2D eigenvalue weighted by Gasteiger charge is 2.43. The van der Waals surface area contributed by atoms with Crippen molar-refractivity contribution < 1.29 is 4.39 Å². The highest BCUT2D eigenvalue weighted by Crippen LogP contribution is 2.44. The maximum absolute atomic E-state index is 14.0. The van der Waals surface area contributed by atoms with Crippen molar-refractivity contribution >= 4 is 22.4 Å². The van der Waals surface area contributed by atoms with E-state index >= 15 is 0 Å². The molecule has 0 bridgehead atoms. The van der Waals surface area contributed by atoms with Crippen LogP contribution in [-0.4, -0.2) is 45.9 Å². The molecular weight excluding hydrogens is 609 g/mol. The molecule has 1 aliphatic carbocycles. The molecule has 0 amide bonds. The number of piperazine rings is 1.